The Balaban J connectivity index is 2.07. The van der Waals surface area contributed by atoms with Crippen LogP contribution in [-0.2, 0) is 5.88 Å². The molecule has 3 rings (SSSR count). The Kier molecular flexibility index (Phi) is 4.11. The van der Waals surface area contributed by atoms with E-state index < -0.39 is 0 Å². The average Bonchev–Trinajstić information content (AvgIpc) is 3.01. The Labute approximate surface area is 125 Å². The Morgan fingerprint density at radius 3 is 2.70 bits per heavy atom. The summed E-state index contributed by atoms with van der Waals surface area (Å²) < 4.78 is 0. The van der Waals surface area contributed by atoms with Gasteiger partial charge in [-0.2, -0.15) is 0 Å². The maximum Gasteiger partial charge on any atom is 0.133 e. The lowest BCUT2D eigenvalue weighted by Gasteiger charge is -2.30. The fourth-order valence-corrected chi connectivity index (χ4v) is 3.49. The Hall–Kier alpha value is -1.28. The van der Waals surface area contributed by atoms with Crippen LogP contribution in [0.3, 0.4) is 0 Å². The summed E-state index contributed by atoms with van der Waals surface area (Å²) in [7, 11) is 0. The van der Waals surface area contributed by atoms with E-state index >= 15 is 0 Å². The van der Waals surface area contributed by atoms with E-state index in [4.69, 9.17) is 16.6 Å². The molecule has 0 radical (unpaired) electrons. The summed E-state index contributed by atoms with van der Waals surface area (Å²) in [6.07, 6.45) is 5.24. The standard InChI is InChI=1S/C17H21ClN2/c1-2-20(15-8-4-5-9-15)17-14(12-18)11-13-7-3-6-10-16(13)19-17/h3,6-7,10-11,15H,2,4-5,8-9,12H2,1H3. The molecule has 2 aromatic rings. The molecule has 1 aliphatic rings. The number of rotatable bonds is 4. The highest BCUT2D eigenvalue weighted by Gasteiger charge is 2.24. The summed E-state index contributed by atoms with van der Waals surface area (Å²) in [5, 5.41) is 1.18. The summed E-state index contributed by atoms with van der Waals surface area (Å²) >= 11 is 6.17. The molecule has 0 amide bonds. The maximum absolute atomic E-state index is 6.17. The smallest absolute Gasteiger partial charge is 0.133 e. The normalized spacial score (nSPS) is 15.9. The molecule has 3 heteroatoms. The van der Waals surface area contributed by atoms with Gasteiger partial charge in [-0.05, 0) is 31.9 Å². The van der Waals surface area contributed by atoms with Gasteiger partial charge in [-0.25, -0.2) is 4.98 Å². The zero-order valence-electron chi connectivity index (χ0n) is 12.0. The number of pyridine rings is 1. The predicted molar refractivity (Wildman–Crippen MR) is 86.6 cm³/mol. The molecular formula is C17H21ClN2. The van der Waals surface area contributed by atoms with Gasteiger partial charge in [0.25, 0.3) is 0 Å². The molecule has 0 bridgehead atoms. The minimum atomic E-state index is 0.524. The van der Waals surface area contributed by atoms with E-state index in [-0.39, 0.29) is 0 Å². The highest BCUT2D eigenvalue weighted by molar-refractivity contribution is 6.17. The minimum Gasteiger partial charge on any atom is -0.354 e. The lowest BCUT2D eigenvalue weighted by Crippen LogP contribution is -2.34. The summed E-state index contributed by atoms with van der Waals surface area (Å²) in [5.41, 5.74) is 2.21. The molecule has 1 saturated carbocycles. The first-order chi connectivity index (χ1) is 9.83. The van der Waals surface area contributed by atoms with Crippen molar-refractivity contribution >= 4 is 28.3 Å². The van der Waals surface area contributed by atoms with Crippen molar-refractivity contribution in [2.45, 2.75) is 44.5 Å². The van der Waals surface area contributed by atoms with E-state index in [9.17, 15) is 0 Å². The number of hydrogen-bond acceptors (Lipinski definition) is 2. The largest absolute Gasteiger partial charge is 0.354 e. The molecule has 1 fully saturated rings. The molecule has 0 unspecified atom stereocenters. The molecule has 0 spiro atoms. The molecule has 20 heavy (non-hydrogen) atoms. The van der Waals surface area contributed by atoms with Crippen LogP contribution in [0, 0.1) is 0 Å². The van der Waals surface area contributed by atoms with E-state index in [1.807, 2.05) is 6.07 Å². The second kappa shape index (κ2) is 6.01. The molecule has 0 saturated heterocycles. The minimum absolute atomic E-state index is 0.524. The zero-order chi connectivity index (χ0) is 13.9. The highest BCUT2D eigenvalue weighted by Crippen LogP contribution is 2.31. The monoisotopic (exact) mass is 288 g/mol. The van der Waals surface area contributed by atoms with Crippen molar-refractivity contribution in [2.24, 2.45) is 0 Å². The van der Waals surface area contributed by atoms with Crippen LogP contribution in [0.4, 0.5) is 5.82 Å². The number of anilines is 1. The van der Waals surface area contributed by atoms with Crippen LogP contribution in [0.5, 0.6) is 0 Å². The molecule has 0 atom stereocenters. The highest BCUT2D eigenvalue weighted by atomic mass is 35.5. The van der Waals surface area contributed by atoms with Crippen molar-refractivity contribution in [3.8, 4) is 0 Å². The van der Waals surface area contributed by atoms with Crippen molar-refractivity contribution in [2.75, 3.05) is 11.4 Å². The first kappa shape index (κ1) is 13.7. The van der Waals surface area contributed by atoms with Gasteiger partial charge in [0.15, 0.2) is 0 Å². The van der Waals surface area contributed by atoms with Gasteiger partial charge < -0.3 is 4.90 Å². The van der Waals surface area contributed by atoms with E-state index in [0.717, 1.165) is 23.4 Å². The second-order valence-electron chi connectivity index (χ2n) is 5.52. The van der Waals surface area contributed by atoms with E-state index in [1.165, 1.54) is 31.1 Å². The molecule has 106 valence electrons. The summed E-state index contributed by atoms with van der Waals surface area (Å²) in [6, 6.07) is 11.1. The van der Waals surface area contributed by atoms with Crippen molar-refractivity contribution in [3.63, 3.8) is 0 Å². The summed E-state index contributed by atoms with van der Waals surface area (Å²) in [6.45, 7) is 3.22. The second-order valence-corrected chi connectivity index (χ2v) is 5.79. The summed E-state index contributed by atoms with van der Waals surface area (Å²) in [5.74, 6) is 1.62. The van der Waals surface area contributed by atoms with Crippen LogP contribution in [0.1, 0.15) is 38.2 Å². The number of nitrogens with zero attached hydrogens (tertiary/aromatic N) is 2. The Bertz CT molecular complexity index is 591. The van der Waals surface area contributed by atoms with Crippen LogP contribution in [-0.4, -0.2) is 17.6 Å². The van der Waals surface area contributed by atoms with Crippen LogP contribution in [0.15, 0.2) is 30.3 Å². The van der Waals surface area contributed by atoms with E-state index in [2.05, 4.69) is 36.1 Å². The third-order valence-electron chi connectivity index (χ3n) is 4.30. The molecule has 1 aromatic carbocycles. The first-order valence-electron chi connectivity index (χ1n) is 7.54. The average molecular weight is 289 g/mol. The number of alkyl halides is 1. The van der Waals surface area contributed by atoms with Gasteiger partial charge in [-0.1, -0.05) is 31.0 Å². The molecule has 1 aromatic heterocycles. The Morgan fingerprint density at radius 1 is 1.25 bits per heavy atom. The zero-order valence-corrected chi connectivity index (χ0v) is 12.7. The van der Waals surface area contributed by atoms with Gasteiger partial charge in [0.05, 0.1) is 11.4 Å². The fourth-order valence-electron chi connectivity index (χ4n) is 3.29. The van der Waals surface area contributed by atoms with Crippen LogP contribution < -0.4 is 4.90 Å². The number of para-hydroxylation sites is 1. The van der Waals surface area contributed by atoms with Gasteiger partial charge in [0.1, 0.15) is 5.82 Å². The van der Waals surface area contributed by atoms with Crippen molar-refractivity contribution in [3.05, 3.63) is 35.9 Å². The topological polar surface area (TPSA) is 16.1 Å². The molecule has 2 nitrogen and oxygen atoms in total. The van der Waals surface area contributed by atoms with E-state index in [1.54, 1.807) is 0 Å². The number of aromatic nitrogens is 1. The first-order valence-corrected chi connectivity index (χ1v) is 8.08. The Morgan fingerprint density at radius 2 is 2.00 bits per heavy atom. The number of fused-ring (bicyclic) bond motifs is 1. The number of benzene rings is 1. The quantitative estimate of drug-likeness (QED) is 0.755. The van der Waals surface area contributed by atoms with Gasteiger partial charge in [0, 0.05) is 23.5 Å². The van der Waals surface area contributed by atoms with Crippen molar-refractivity contribution in [1.29, 1.82) is 0 Å². The number of halogens is 1. The van der Waals surface area contributed by atoms with E-state index in [0.29, 0.717) is 11.9 Å². The molecule has 1 aliphatic carbocycles. The summed E-state index contributed by atoms with van der Waals surface area (Å²) in [4.78, 5) is 7.36. The lowest BCUT2D eigenvalue weighted by molar-refractivity contribution is 0.612. The van der Waals surface area contributed by atoms with Gasteiger partial charge >= 0.3 is 0 Å². The molecule has 1 heterocycles. The fraction of sp³-hybridized carbons (Fsp3) is 0.471. The van der Waals surface area contributed by atoms with Gasteiger partial charge in [-0.3, -0.25) is 0 Å². The van der Waals surface area contributed by atoms with Crippen molar-refractivity contribution < 1.29 is 0 Å². The molecule has 0 aliphatic heterocycles. The maximum atomic E-state index is 6.17. The number of hydrogen-bond donors (Lipinski definition) is 0. The molecule has 0 N–H and O–H groups in total. The predicted octanol–water partition coefficient (Wildman–Crippen LogP) is 4.74. The van der Waals surface area contributed by atoms with Gasteiger partial charge in [-0.15, -0.1) is 11.6 Å². The molecular weight excluding hydrogens is 268 g/mol. The lowest BCUT2D eigenvalue weighted by atomic mass is 10.1. The van der Waals surface area contributed by atoms with Crippen molar-refractivity contribution in [1.82, 2.24) is 4.98 Å². The third kappa shape index (κ3) is 2.49. The third-order valence-corrected chi connectivity index (χ3v) is 4.59. The van der Waals surface area contributed by atoms with Gasteiger partial charge in [0.2, 0.25) is 0 Å². The van der Waals surface area contributed by atoms with Crippen LogP contribution in [0.2, 0.25) is 0 Å². The van der Waals surface area contributed by atoms with Crippen LogP contribution >= 0.6 is 11.6 Å². The SMILES string of the molecule is CCN(c1nc2ccccc2cc1CCl)C1CCCC1. The van der Waals surface area contributed by atoms with Crippen LogP contribution in [0.25, 0.3) is 10.9 Å².